The summed E-state index contributed by atoms with van der Waals surface area (Å²) in [5.74, 6) is 0.760. The zero-order valence-corrected chi connectivity index (χ0v) is 8.60. The molecule has 1 heterocycles. The predicted octanol–water partition coefficient (Wildman–Crippen LogP) is 1.33. The van der Waals surface area contributed by atoms with Crippen LogP contribution in [0.15, 0.2) is 22.8 Å². The summed E-state index contributed by atoms with van der Waals surface area (Å²) in [4.78, 5) is 0. The van der Waals surface area contributed by atoms with E-state index in [9.17, 15) is 0 Å². The van der Waals surface area contributed by atoms with Gasteiger partial charge in [0.15, 0.2) is 0 Å². The van der Waals surface area contributed by atoms with Crippen LogP contribution in [0.1, 0.15) is 18.8 Å². The van der Waals surface area contributed by atoms with Gasteiger partial charge in [-0.2, -0.15) is 0 Å². The summed E-state index contributed by atoms with van der Waals surface area (Å²) in [7, 11) is 1.64. The maximum Gasteiger partial charge on any atom is 0.133 e. The predicted molar refractivity (Wildman–Crippen MR) is 52.9 cm³/mol. The minimum atomic E-state index is -0.185. The molecule has 0 fully saturated rings. The highest BCUT2D eigenvalue weighted by Gasteiger charge is 2.16. The van der Waals surface area contributed by atoms with Crippen LogP contribution in [-0.2, 0) is 9.47 Å². The Morgan fingerprint density at radius 3 is 2.86 bits per heavy atom. The van der Waals surface area contributed by atoms with Crippen LogP contribution in [-0.4, -0.2) is 26.4 Å². The average Bonchev–Trinajstić information content (AvgIpc) is 2.67. The van der Waals surface area contributed by atoms with E-state index >= 15 is 0 Å². The van der Waals surface area contributed by atoms with Crippen LogP contribution in [0.5, 0.6) is 0 Å². The highest BCUT2D eigenvalue weighted by Crippen LogP contribution is 2.18. The minimum absolute atomic E-state index is 0.0126. The SMILES string of the molecule is COCC(C)OC(CN)c1ccco1. The van der Waals surface area contributed by atoms with Gasteiger partial charge in [-0.15, -0.1) is 0 Å². The monoisotopic (exact) mass is 199 g/mol. The molecule has 0 saturated carbocycles. The van der Waals surface area contributed by atoms with Crippen molar-refractivity contribution in [2.24, 2.45) is 5.73 Å². The van der Waals surface area contributed by atoms with Crippen molar-refractivity contribution in [3.05, 3.63) is 24.2 Å². The number of nitrogens with two attached hydrogens (primary N) is 1. The number of hydrogen-bond donors (Lipinski definition) is 1. The molecule has 0 spiro atoms. The van der Waals surface area contributed by atoms with Gasteiger partial charge in [-0.05, 0) is 19.1 Å². The second-order valence-electron chi connectivity index (χ2n) is 3.14. The van der Waals surface area contributed by atoms with E-state index in [1.54, 1.807) is 13.4 Å². The van der Waals surface area contributed by atoms with Crippen molar-refractivity contribution in [3.63, 3.8) is 0 Å². The van der Waals surface area contributed by atoms with Gasteiger partial charge in [-0.1, -0.05) is 0 Å². The maximum atomic E-state index is 5.64. The van der Waals surface area contributed by atoms with Crippen LogP contribution in [0.2, 0.25) is 0 Å². The molecule has 0 radical (unpaired) electrons. The molecule has 2 unspecified atom stereocenters. The topological polar surface area (TPSA) is 57.6 Å². The van der Waals surface area contributed by atoms with Gasteiger partial charge in [0.2, 0.25) is 0 Å². The van der Waals surface area contributed by atoms with E-state index in [1.807, 2.05) is 19.1 Å². The van der Waals surface area contributed by atoms with E-state index < -0.39 is 0 Å². The molecule has 0 aliphatic rings. The lowest BCUT2D eigenvalue weighted by molar-refractivity contribution is -0.0440. The lowest BCUT2D eigenvalue weighted by Gasteiger charge is -2.18. The summed E-state index contributed by atoms with van der Waals surface area (Å²) in [6.45, 7) is 2.90. The fourth-order valence-electron chi connectivity index (χ4n) is 1.27. The van der Waals surface area contributed by atoms with Crippen LogP contribution in [0, 0.1) is 0 Å². The van der Waals surface area contributed by atoms with E-state index in [0.717, 1.165) is 5.76 Å². The van der Waals surface area contributed by atoms with E-state index in [-0.39, 0.29) is 12.2 Å². The van der Waals surface area contributed by atoms with Crippen molar-refractivity contribution in [1.82, 2.24) is 0 Å². The van der Waals surface area contributed by atoms with Gasteiger partial charge in [-0.25, -0.2) is 0 Å². The van der Waals surface area contributed by atoms with Gasteiger partial charge in [0.1, 0.15) is 11.9 Å². The Hall–Kier alpha value is -0.840. The molecule has 0 aliphatic heterocycles. The minimum Gasteiger partial charge on any atom is -0.467 e. The van der Waals surface area contributed by atoms with Crippen LogP contribution in [0.3, 0.4) is 0 Å². The molecule has 0 aromatic carbocycles. The number of methoxy groups -OCH3 is 1. The Morgan fingerprint density at radius 1 is 1.57 bits per heavy atom. The average molecular weight is 199 g/mol. The fourth-order valence-corrected chi connectivity index (χ4v) is 1.27. The normalized spacial score (nSPS) is 15.4. The molecule has 2 atom stereocenters. The van der Waals surface area contributed by atoms with E-state index in [2.05, 4.69) is 0 Å². The van der Waals surface area contributed by atoms with Gasteiger partial charge in [0.25, 0.3) is 0 Å². The van der Waals surface area contributed by atoms with E-state index in [1.165, 1.54) is 0 Å². The molecule has 4 nitrogen and oxygen atoms in total. The Morgan fingerprint density at radius 2 is 2.36 bits per heavy atom. The highest BCUT2D eigenvalue weighted by molar-refractivity contribution is 5.02. The quantitative estimate of drug-likeness (QED) is 0.751. The first-order valence-corrected chi connectivity index (χ1v) is 4.65. The van der Waals surface area contributed by atoms with Crippen LogP contribution >= 0.6 is 0 Å². The summed E-state index contributed by atoms with van der Waals surface area (Å²) >= 11 is 0. The largest absolute Gasteiger partial charge is 0.467 e. The molecule has 80 valence electrons. The number of furan rings is 1. The third kappa shape index (κ3) is 3.14. The van der Waals surface area contributed by atoms with Crippen molar-refractivity contribution in [2.75, 3.05) is 20.3 Å². The number of rotatable bonds is 6. The van der Waals surface area contributed by atoms with Gasteiger partial charge in [-0.3, -0.25) is 0 Å². The van der Waals surface area contributed by atoms with E-state index in [4.69, 9.17) is 19.6 Å². The first-order chi connectivity index (χ1) is 6.77. The second kappa shape index (κ2) is 5.80. The summed E-state index contributed by atoms with van der Waals surface area (Å²) in [5, 5.41) is 0. The van der Waals surface area contributed by atoms with Gasteiger partial charge in [0, 0.05) is 13.7 Å². The van der Waals surface area contributed by atoms with Crippen LogP contribution in [0.25, 0.3) is 0 Å². The summed E-state index contributed by atoms with van der Waals surface area (Å²) < 4.78 is 15.8. The van der Waals surface area contributed by atoms with Crippen molar-refractivity contribution < 1.29 is 13.9 Å². The zero-order valence-electron chi connectivity index (χ0n) is 8.60. The van der Waals surface area contributed by atoms with Gasteiger partial charge in [0.05, 0.1) is 19.0 Å². The molecule has 1 aromatic rings. The zero-order chi connectivity index (χ0) is 10.4. The van der Waals surface area contributed by atoms with Crippen LogP contribution < -0.4 is 5.73 Å². The standard InChI is InChI=1S/C10H17NO3/c1-8(7-12-2)14-10(6-11)9-4-3-5-13-9/h3-5,8,10H,6-7,11H2,1-2H3. The van der Waals surface area contributed by atoms with Crippen LogP contribution in [0.4, 0.5) is 0 Å². The van der Waals surface area contributed by atoms with E-state index in [0.29, 0.717) is 13.2 Å². The fraction of sp³-hybridized carbons (Fsp3) is 0.600. The summed E-state index contributed by atoms with van der Waals surface area (Å²) in [5.41, 5.74) is 5.58. The third-order valence-electron chi connectivity index (χ3n) is 1.87. The molecular formula is C10H17NO3. The molecule has 1 rings (SSSR count). The molecular weight excluding hydrogens is 182 g/mol. The molecule has 4 heteroatoms. The Labute approximate surface area is 84.0 Å². The number of hydrogen-bond acceptors (Lipinski definition) is 4. The van der Waals surface area contributed by atoms with Crippen molar-refractivity contribution in [3.8, 4) is 0 Å². The summed E-state index contributed by atoms with van der Waals surface area (Å²) in [6.07, 6.45) is 1.44. The molecule has 0 saturated heterocycles. The Kier molecular flexibility index (Phi) is 4.65. The van der Waals surface area contributed by atoms with Crippen molar-refractivity contribution in [1.29, 1.82) is 0 Å². The first-order valence-electron chi connectivity index (χ1n) is 4.65. The molecule has 14 heavy (non-hydrogen) atoms. The Bertz CT molecular complexity index is 236. The molecule has 0 aliphatic carbocycles. The molecule has 0 bridgehead atoms. The maximum absolute atomic E-state index is 5.64. The van der Waals surface area contributed by atoms with Gasteiger partial charge >= 0.3 is 0 Å². The second-order valence-corrected chi connectivity index (χ2v) is 3.14. The Balaban J connectivity index is 2.47. The lowest BCUT2D eigenvalue weighted by Crippen LogP contribution is -2.23. The smallest absolute Gasteiger partial charge is 0.133 e. The molecule has 2 N–H and O–H groups in total. The first kappa shape index (κ1) is 11.2. The number of ether oxygens (including phenoxy) is 2. The molecule has 0 amide bonds. The summed E-state index contributed by atoms with van der Waals surface area (Å²) in [6, 6.07) is 3.68. The third-order valence-corrected chi connectivity index (χ3v) is 1.87. The van der Waals surface area contributed by atoms with Gasteiger partial charge < -0.3 is 19.6 Å². The highest BCUT2D eigenvalue weighted by atomic mass is 16.5. The molecule has 1 aromatic heterocycles. The lowest BCUT2D eigenvalue weighted by atomic mass is 10.2. The van der Waals surface area contributed by atoms with Crippen molar-refractivity contribution >= 4 is 0 Å². The van der Waals surface area contributed by atoms with Crippen molar-refractivity contribution in [2.45, 2.75) is 19.1 Å².